The van der Waals surface area contributed by atoms with Crippen LogP contribution in [-0.2, 0) is 16.4 Å². The Bertz CT molecular complexity index is 1230. The molecule has 1 amide bonds. The summed E-state index contributed by atoms with van der Waals surface area (Å²) in [5.41, 5.74) is 5.69. The van der Waals surface area contributed by atoms with Crippen LogP contribution in [0.1, 0.15) is 34.5 Å². The quantitative estimate of drug-likeness (QED) is 0.443. The fourth-order valence-electron chi connectivity index (χ4n) is 3.69. The number of ether oxygens (including phenoxy) is 1. The highest BCUT2D eigenvalue weighted by Gasteiger charge is 2.30. The van der Waals surface area contributed by atoms with Gasteiger partial charge in [-0.05, 0) is 63.1 Å². The summed E-state index contributed by atoms with van der Waals surface area (Å²) in [7, 11) is 0. The number of amides is 1. The monoisotopic (exact) mass is 530 g/mol. The van der Waals surface area contributed by atoms with E-state index in [9.17, 15) is 4.79 Å². The lowest BCUT2D eigenvalue weighted by atomic mass is 10.0. The molecule has 4 rings (SSSR count). The average molecular weight is 532 g/mol. The average Bonchev–Trinajstić information content (AvgIpc) is 3.37. The highest BCUT2D eigenvalue weighted by molar-refractivity contribution is 9.10. The van der Waals surface area contributed by atoms with Gasteiger partial charge in [-0.1, -0.05) is 44.8 Å². The van der Waals surface area contributed by atoms with Crippen LogP contribution >= 0.6 is 27.5 Å². The summed E-state index contributed by atoms with van der Waals surface area (Å²) in [5.74, 6) is 0.448. The molecule has 0 radical (unpaired) electrons. The molecule has 3 aromatic rings. The topological polar surface area (TPSA) is 77.7 Å². The molecule has 1 aromatic heterocycles. The van der Waals surface area contributed by atoms with Crippen molar-refractivity contribution in [3.05, 3.63) is 74.0 Å². The molecule has 1 aliphatic rings. The van der Waals surface area contributed by atoms with Gasteiger partial charge in [0.15, 0.2) is 6.73 Å². The SMILES string of the molecule is Cc1cc(OCn2nc(C)c(NC(=O)C3CC(c4cccc(Br)c4)=NO3)c2C)cc(C)c1Cl. The first-order valence-electron chi connectivity index (χ1n) is 10.5. The second-order valence-corrected chi connectivity index (χ2v) is 9.32. The van der Waals surface area contributed by atoms with Gasteiger partial charge in [0.1, 0.15) is 5.75 Å². The van der Waals surface area contributed by atoms with Gasteiger partial charge in [0.2, 0.25) is 6.10 Å². The molecule has 33 heavy (non-hydrogen) atoms. The van der Waals surface area contributed by atoms with Gasteiger partial charge in [-0.2, -0.15) is 5.10 Å². The summed E-state index contributed by atoms with van der Waals surface area (Å²) in [5, 5.41) is 12.3. The molecule has 2 heterocycles. The van der Waals surface area contributed by atoms with Crippen molar-refractivity contribution in [2.45, 2.75) is 47.0 Å². The number of benzene rings is 2. The number of halogens is 2. The van der Waals surface area contributed by atoms with Gasteiger partial charge < -0.3 is 14.9 Å². The third kappa shape index (κ3) is 5.07. The Kier molecular flexibility index (Phi) is 6.76. The largest absolute Gasteiger partial charge is 0.471 e. The molecule has 0 fully saturated rings. The summed E-state index contributed by atoms with van der Waals surface area (Å²) in [6.07, 6.45) is -0.301. The number of hydrogen-bond acceptors (Lipinski definition) is 5. The Morgan fingerprint density at radius 1 is 1.24 bits per heavy atom. The van der Waals surface area contributed by atoms with E-state index in [4.69, 9.17) is 21.2 Å². The third-order valence-corrected chi connectivity index (χ3v) is 6.60. The fourth-order valence-corrected chi connectivity index (χ4v) is 4.20. The number of carbonyl (C=O) groups excluding carboxylic acids is 1. The van der Waals surface area contributed by atoms with Crippen LogP contribution in [0, 0.1) is 27.7 Å². The van der Waals surface area contributed by atoms with Crippen LogP contribution in [0.25, 0.3) is 0 Å². The lowest BCUT2D eigenvalue weighted by Crippen LogP contribution is -2.28. The van der Waals surface area contributed by atoms with Gasteiger partial charge in [0.25, 0.3) is 5.91 Å². The molecule has 0 bridgehead atoms. The van der Waals surface area contributed by atoms with Gasteiger partial charge in [-0.25, -0.2) is 4.68 Å². The van der Waals surface area contributed by atoms with Gasteiger partial charge in [-0.15, -0.1) is 0 Å². The molecular weight excluding hydrogens is 508 g/mol. The summed E-state index contributed by atoms with van der Waals surface area (Å²) >= 11 is 9.69. The van der Waals surface area contributed by atoms with E-state index in [1.165, 1.54) is 0 Å². The normalized spacial score (nSPS) is 15.2. The highest BCUT2D eigenvalue weighted by Crippen LogP contribution is 2.27. The molecular formula is C24H24BrClN4O3. The standard InChI is InChI=1S/C24H24BrClN4O3/c1-13-8-19(9-14(2)22(13)26)32-12-30-16(4)23(15(3)28-30)27-24(31)21-11-20(29-33-21)17-6-5-7-18(25)10-17/h5-10,21H,11-12H2,1-4H3,(H,27,31). The Morgan fingerprint density at radius 2 is 1.97 bits per heavy atom. The molecule has 7 nitrogen and oxygen atoms in total. The molecule has 1 N–H and O–H groups in total. The number of aryl methyl sites for hydroxylation is 3. The summed E-state index contributed by atoms with van der Waals surface area (Å²) in [6, 6.07) is 11.5. The van der Waals surface area contributed by atoms with E-state index >= 15 is 0 Å². The van der Waals surface area contributed by atoms with Crippen molar-refractivity contribution in [2.75, 3.05) is 5.32 Å². The van der Waals surface area contributed by atoms with Crippen LogP contribution in [0.15, 0.2) is 46.0 Å². The Hall–Kier alpha value is -2.84. The van der Waals surface area contributed by atoms with E-state index < -0.39 is 6.10 Å². The lowest BCUT2D eigenvalue weighted by molar-refractivity contribution is -0.125. The Morgan fingerprint density at radius 3 is 2.67 bits per heavy atom. The van der Waals surface area contributed by atoms with Crippen molar-refractivity contribution < 1.29 is 14.4 Å². The van der Waals surface area contributed by atoms with Crippen molar-refractivity contribution in [1.29, 1.82) is 0 Å². The van der Waals surface area contributed by atoms with Crippen LogP contribution in [0.5, 0.6) is 5.75 Å². The minimum absolute atomic E-state index is 0.207. The molecule has 0 saturated carbocycles. The highest BCUT2D eigenvalue weighted by atomic mass is 79.9. The molecule has 172 valence electrons. The van der Waals surface area contributed by atoms with Crippen molar-refractivity contribution >= 4 is 44.8 Å². The van der Waals surface area contributed by atoms with E-state index in [2.05, 4.69) is 31.5 Å². The molecule has 0 spiro atoms. The van der Waals surface area contributed by atoms with Crippen LogP contribution in [0.3, 0.4) is 0 Å². The lowest BCUT2D eigenvalue weighted by Gasteiger charge is -2.12. The van der Waals surface area contributed by atoms with Gasteiger partial charge >= 0.3 is 0 Å². The number of aromatic nitrogens is 2. The van der Waals surface area contributed by atoms with E-state index in [-0.39, 0.29) is 12.6 Å². The Balaban J connectivity index is 1.41. The predicted octanol–water partition coefficient (Wildman–Crippen LogP) is 5.70. The van der Waals surface area contributed by atoms with E-state index in [1.54, 1.807) is 4.68 Å². The molecule has 2 aromatic carbocycles. The van der Waals surface area contributed by atoms with Crippen LogP contribution in [0.4, 0.5) is 5.69 Å². The molecule has 1 aliphatic heterocycles. The van der Waals surface area contributed by atoms with Crippen molar-refractivity contribution in [1.82, 2.24) is 9.78 Å². The zero-order chi connectivity index (χ0) is 23.7. The maximum Gasteiger partial charge on any atom is 0.268 e. The number of hydrogen-bond donors (Lipinski definition) is 1. The fraction of sp³-hybridized carbons (Fsp3) is 0.292. The van der Waals surface area contributed by atoms with Gasteiger partial charge in [0.05, 0.1) is 22.8 Å². The first kappa shape index (κ1) is 23.3. The zero-order valence-corrected chi connectivity index (χ0v) is 21.1. The third-order valence-electron chi connectivity index (χ3n) is 5.51. The van der Waals surface area contributed by atoms with E-state index in [0.717, 1.165) is 37.6 Å². The van der Waals surface area contributed by atoms with Crippen molar-refractivity contribution in [3.63, 3.8) is 0 Å². The molecule has 9 heteroatoms. The summed E-state index contributed by atoms with van der Waals surface area (Å²) in [4.78, 5) is 18.3. The smallest absolute Gasteiger partial charge is 0.268 e. The second-order valence-electron chi connectivity index (χ2n) is 8.03. The minimum atomic E-state index is -0.697. The molecule has 1 unspecified atom stereocenters. The number of nitrogens with zero attached hydrogens (tertiary/aromatic N) is 3. The van der Waals surface area contributed by atoms with Gasteiger partial charge in [0, 0.05) is 21.5 Å². The maximum absolute atomic E-state index is 12.9. The van der Waals surface area contributed by atoms with Crippen LogP contribution in [0.2, 0.25) is 5.02 Å². The first-order valence-corrected chi connectivity index (χ1v) is 11.6. The van der Waals surface area contributed by atoms with Crippen molar-refractivity contribution in [3.8, 4) is 5.75 Å². The predicted molar refractivity (Wildman–Crippen MR) is 132 cm³/mol. The second kappa shape index (κ2) is 9.57. The van der Waals surface area contributed by atoms with Gasteiger partial charge in [-0.3, -0.25) is 4.79 Å². The van der Waals surface area contributed by atoms with E-state index in [1.807, 2.05) is 64.1 Å². The molecule has 0 aliphatic carbocycles. The zero-order valence-electron chi connectivity index (χ0n) is 18.8. The molecule has 1 atom stereocenters. The number of nitrogens with one attached hydrogen (secondary N) is 1. The summed E-state index contributed by atoms with van der Waals surface area (Å²) < 4.78 is 8.57. The minimum Gasteiger partial charge on any atom is -0.471 e. The number of oxime groups is 1. The van der Waals surface area contributed by atoms with Crippen LogP contribution in [-0.4, -0.2) is 27.5 Å². The van der Waals surface area contributed by atoms with Crippen molar-refractivity contribution in [2.24, 2.45) is 5.16 Å². The Labute approximate surface area is 205 Å². The summed E-state index contributed by atoms with van der Waals surface area (Å²) in [6.45, 7) is 7.82. The number of rotatable bonds is 6. The van der Waals surface area contributed by atoms with Crippen LogP contribution < -0.4 is 10.1 Å². The maximum atomic E-state index is 12.9. The number of carbonyl (C=O) groups is 1. The van der Waals surface area contributed by atoms with E-state index in [0.29, 0.717) is 23.6 Å². The molecule has 0 saturated heterocycles. The first-order chi connectivity index (χ1) is 15.7. The number of anilines is 1.